The number of nitrogens with zero attached hydrogens (tertiary/aromatic N) is 1. The van der Waals surface area contributed by atoms with Gasteiger partial charge in [0.05, 0.1) is 6.54 Å². The lowest BCUT2D eigenvalue weighted by atomic mass is 9.93. The second-order valence-corrected chi connectivity index (χ2v) is 9.00. The van der Waals surface area contributed by atoms with Gasteiger partial charge in [-0.2, -0.15) is 11.8 Å². The Morgan fingerprint density at radius 1 is 1.21 bits per heavy atom. The van der Waals surface area contributed by atoms with Crippen LogP contribution < -0.4 is 5.32 Å². The summed E-state index contributed by atoms with van der Waals surface area (Å²) in [5.74, 6) is 1.40. The molecule has 1 N–H and O–H groups in total. The molecule has 2 atom stereocenters. The summed E-state index contributed by atoms with van der Waals surface area (Å²) in [6, 6.07) is 11.3. The third-order valence-electron chi connectivity index (χ3n) is 6.06. The molecule has 1 saturated heterocycles. The van der Waals surface area contributed by atoms with Crippen LogP contribution in [0.2, 0.25) is 0 Å². The molecule has 3 fully saturated rings. The molecule has 24 heavy (non-hydrogen) atoms. The van der Waals surface area contributed by atoms with Gasteiger partial charge in [-0.1, -0.05) is 43.2 Å². The summed E-state index contributed by atoms with van der Waals surface area (Å²) in [6.45, 7) is 2.46. The second-order valence-electron chi connectivity index (χ2n) is 7.65. The van der Waals surface area contributed by atoms with Crippen LogP contribution in [0.5, 0.6) is 0 Å². The standard InChI is InChI=1S/C20H28N2OS/c23-19(14-22-12-13-24-18-9-5-4-8-17(18)22)21-15-20(10-11-20)16-6-2-1-3-7-16/h1-3,6-7,17-18H,4-5,8-15H2,(H,21,23)/t17-,18-/m0/s1. The molecule has 3 nitrogen and oxygen atoms in total. The highest BCUT2D eigenvalue weighted by molar-refractivity contribution is 8.00. The van der Waals surface area contributed by atoms with Gasteiger partial charge in [0.15, 0.2) is 0 Å². The molecule has 130 valence electrons. The summed E-state index contributed by atoms with van der Waals surface area (Å²) in [5, 5.41) is 4.00. The van der Waals surface area contributed by atoms with Gasteiger partial charge >= 0.3 is 0 Å². The Labute approximate surface area is 149 Å². The van der Waals surface area contributed by atoms with Gasteiger partial charge in [0, 0.05) is 35.5 Å². The molecule has 3 aliphatic rings. The first-order valence-corrected chi connectivity index (χ1v) is 10.5. The van der Waals surface area contributed by atoms with E-state index in [0.717, 1.165) is 18.3 Å². The minimum Gasteiger partial charge on any atom is -0.354 e. The van der Waals surface area contributed by atoms with Crippen molar-refractivity contribution in [3.05, 3.63) is 35.9 Å². The molecule has 2 saturated carbocycles. The maximum Gasteiger partial charge on any atom is 0.234 e. The van der Waals surface area contributed by atoms with Crippen molar-refractivity contribution in [2.75, 3.05) is 25.4 Å². The van der Waals surface area contributed by atoms with E-state index in [9.17, 15) is 4.79 Å². The van der Waals surface area contributed by atoms with Crippen molar-refractivity contribution < 1.29 is 4.79 Å². The van der Waals surface area contributed by atoms with Gasteiger partial charge in [-0.05, 0) is 31.2 Å². The maximum atomic E-state index is 12.5. The molecule has 2 aliphatic carbocycles. The van der Waals surface area contributed by atoms with Crippen LogP contribution in [0.25, 0.3) is 0 Å². The van der Waals surface area contributed by atoms with E-state index in [1.165, 1.54) is 49.8 Å². The summed E-state index contributed by atoms with van der Waals surface area (Å²) in [4.78, 5) is 15.0. The van der Waals surface area contributed by atoms with Crippen molar-refractivity contribution in [1.29, 1.82) is 0 Å². The zero-order valence-corrected chi connectivity index (χ0v) is 15.2. The van der Waals surface area contributed by atoms with Crippen LogP contribution in [0.3, 0.4) is 0 Å². The van der Waals surface area contributed by atoms with Crippen molar-refractivity contribution in [3.63, 3.8) is 0 Å². The summed E-state index contributed by atoms with van der Waals surface area (Å²) in [7, 11) is 0. The Kier molecular flexibility index (Phi) is 4.86. The molecule has 0 radical (unpaired) electrons. The number of amides is 1. The van der Waals surface area contributed by atoms with Crippen LogP contribution in [0.4, 0.5) is 0 Å². The van der Waals surface area contributed by atoms with Crippen molar-refractivity contribution in [1.82, 2.24) is 10.2 Å². The summed E-state index contributed by atoms with van der Waals surface area (Å²) in [5.41, 5.74) is 1.59. The van der Waals surface area contributed by atoms with Crippen LogP contribution in [0.1, 0.15) is 44.1 Å². The first-order chi connectivity index (χ1) is 11.8. The number of hydrogen-bond acceptors (Lipinski definition) is 3. The highest BCUT2D eigenvalue weighted by Crippen LogP contribution is 2.47. The number of benzene rings is 1. The van der Waals surface area contributed by atoms with Crippen LogP contribution in [0.15, 0.2) is 30.3 Å². The highest BCUT2D eigenvalue weighted by atomic mass is 32.2. The summed E-state index contributed by atoms with van der Waals surface area (Å²) < 4.78 is 0. The molecular weight excluding hydrogens is 316 g/mol. The minimum atomic E-state index is 0.210. The first-order valence-electron chi connectivity index (χ1n) is 9.45. The predicted octanol–water partition coefficient (Wildman–Crippen LogP) is 3.19. The van der Waals surface area contributed by atoms with Crippen LogP contribution in [0, 0.1) is 0 Å². The molecule has 4 rings (SSSR count). The van der Waals surface area contributed by atoms with Crippen molar-refractivity contribution >= 4 is 17.7 Å². The van der Waals surface area contributed by atoms with E-state index in [0.29, 0.717) is 12.6 Å². The fourth-order valence-electron chi connectivity index (χ4n) is 4.39. The lowest BCUT2D eigenvalue weighted by Gasteiger charge is -2.43. The second kappa shape index (κ2) is 7.09. The van der Waals surface area contributed by atoms with E-state index in [2.05, 4.69) is 52.3 Å². The smallest absolute Gasteiger partial charge is 0.234 e. The van der Waals surface area contributed by atoms with E-state index in [1.807, 2.05) is 0 Å². The lowest BCUT2D eigenvalue weighted by molar-refractivity contribution is -0.123. The Balaban J connectivity index is 1.31. The maximum absolute atomic E-state index is 12.5. The molecule has 1 heterocycles. The monoisotopic (exact) mass is 344 g/mol. The zero-order valence-electron chi connectivity index (χ0n) is 14.4. The molecular formula is C20H28N2OS. The Morgan fingerprint density at radius 3 is 2.79 bits per heavy atom. The van der Waals surface area contributed by atoms with E-state index in [-0.39, 0.29) is 11.3 Å². The topological polar surface area (TPSA) is 32.3 Å². The SMILES string of the molecule is O=C(CN1CCS[C@H]2CCCC[C@@H]21)NCC1(c2ccccc2)CC1. The van der Waals surface area contributed by atoms with Gasteiger partial charge in [0.25, 0.3) is 0 Å². The number of carbonyl (C=O) groups excluding carboxylic acids is 1. The van der Waals surface area contributed by atoms with E-state index >= 15 is 0 Å². The quantitative estimate of drug-likeness (QED) is 0.890. The molecule has 0 bridgehead atoms. The van der Waals surface area contributed by atoms with Gasteiger partial charge in [-0.15, -0.1) is 0 Å². The Morgan fingerprint density at radius 2 is 2.00 bits per heavy atom. The summed E-state index contributed by atoms with van der Waals surface area (Å²) >= 11 is 2.13. The van der Waals surface area contributed by atoms with Crippen molar-refractivity contribution in [2.45, 2.75) is 55.2 Å². The average Bonchev–Trinajstić information content (AvgIpc) is 3.42. The predicted molar refractivity (Wildman–Crippen MR) is 100 cm³/mol. The van der Waals surface area contributed by atoms with Crippen LogP contribution in [-0.4, -0.2) is 47.5 Å². The third kappa shape index (κ3) is 3.50. The number of fused-ring (bicyclic) bond motifs is 1. The van der Waals surface area contributed by atoms with Gasteiger partial charge in [0.2, 0.25) is 5.91 Å². The van der Waals surface area contributed by atoms with Crippen LogP contribution >= 0.6 is 11.8 Å². The molecule has 0 aromatic heterocycles. The normalized spacial score (nSPS) is 28.8. The van der Waals surface area contributed by atoms with E-state index in [4.69, 9.17) is 0 Å². The highest BCUT2D eigenvalue weighted by Gasteiger charge is 2.44. The number of carbonyl (C=O) groups is 1. The molecule has 1 amide bonds. The van der Waals surface area contributed by atoms with Gasteiger partial charge in [-0.3, -0.25) is 9.69 Å². The fraction of sp³-hybridized carbons (Fsp3) is 0.650. The number of hydrogen-bond donors (Lipinski definition) is 1. The first kappa shape index (κ1) is 16.5. The Hall–Kier alpha value is -1.00. The third-order valence-corrected chi connectivity index (χ3v) is 7.45. The molecule has 0 unspecified atom stereocenters. The number of nitrogens with one attached hydrogen (secondary N) is 1. The van der Waals surface area contributed by atoms with Gasteiger partial charge in [-0.25, -0.2) is 0 Å². The minimum absolute atomic E-state index is 0.210. The number of rotatable bonds is 5. The largest absolute Gasteiger partial charge is 0.354 e. The molecule has 1 aromatic rings. The van der Waals surface area contributed by atoms with Gasteiger partial charge < -0.3 is 5.32 Å². The fourth-order valence-corrected chi connectivity index (χ4v) is 5.90. The van der Waals surface area contributed by atoms with E-state index in [1.54, 1.807) is 0 Å². The van der Waals surface area contributed by atoms with Crippen molar-refractivity contribution in [2.24, 2.45) is 0 Å². The number of thioether (sulfide) groups is 1. The van der Waals surface area contributed by atoms with Gasteiger partial charge in [0.1, 0.15) is 0 Å². The summed E-state index contributed by atoms with van der Waals surface area (Å²) in [6.07, 6.45) is 7.71. The zero-order chi connectivity index (χ0) is 16.4. The van der Waals surface area contributed by atoms with E-state index < -0.39 is 0 Å². The molecule has 0 spiro atoms. The Bertz CT molecular complexity index is 570. The average molecular weight is 345 g/mol. The molecule has 1 aliphatic heterocycles. The van der Waals surface area contributed by atoms with Crippen LogP contribution in [-0.2, 0) is 10.2 Å². The lowest BCUT2D eigenvalue weighted by Crippen LogP contribution is -2.52. The molecule has 4 heteroatoms. The molecule has 1 aromatic carbocycles. The van der Waals surface area contributed by atoms with Crippen molar-refractivity contribution in [3.8, 4) is 0 Å².